The van der Waals surface area contributed by atoms with Gasteiger partial charge in [0.05, 0.1) is 17.2 Å². The van der Waals surface area contributed by atoms with Crippen molar-refractivity contribution >= 4 is 27.3 Å². The summed E-state index contributed by atoms with van der Waals surface area (Å²) in [5, 5.41) is 2.78. The van der Waals surface area contributed by atoms with E-state index in [1.54, 1.807) is 74.7 Å². The zero-order valence-corrected chi connectivity index (χ0v) is 18.8. The predicted octanol–water partition coefficient (Wildman–Crippen LogP) is 4.18. The molecule has 32 heavy (non-hydrogen) atoms. The topological polar surface area (TPSA) is 84.9 Å². The van der Waals surface area contributed by atoms with Crippen LogP contribution < -0.4 is 14.4 Å². The molecule has 3 aromatic rings. The van der Waals surface area contributed by atoms with Crippen LogP contribution >= 0.6 is 0 Å². The van der Waals surface area contributed by atoms with Crippen LogP contribution in [0.1, 0.15) is 17.3 Å². The Bertz CT molecular complexity index is 1130. The third-order valence-corrected chi connectivity index (χ3v) is 6.58. The summed E-state index contributed by atoms with van der Waals surface area (Å²) in [4.78, 5) is 12.8. The van der Waals surface area contributed by atoms with Gasteiger partial charge in [-0.05, 0) is 61.5 Å². The summed E-state index contributed by atoms with van der Waals surface area (Å²) in [5.41, 5.74) is 1.38. The normalized spacial score (nSPS) is 11.1. The Balaban J connectivity index is 1.75. The molecule has 1 amide bonds. The first-order valence-corrected chi connectivity index (χ1v) is 11.6. The van der Waals surface area contributed by atoms with Gasteiger partial charge in [-0.2, -0.15) is 0 Å². The second-order valence-corrected chi connectivity index (χ2v) is 8.72. The molecule has 0 radical (unpaired) electrons. The number of amides is 1. The third-order valence-electron chi connectivity index (χ3n) is 4.68. The highest BCUT2D eigenvalue weighted by Gasteiger charge is 2.24. The smallest absolute Gasteiger partial charge is 0.264 e. The molecule has 1 N–H and O–H groups in total. The van der Waals surface area contributed by atoms with Crippen molar-refractivity contribution < 1.29 is 22.7 Å². The van der Waals surface area contributed by atoms with Crippen molar-refractivity contribution in [3.8, 4) is 5.75 Å². The number of methoxy groups -OCH3 is 1. The number of rotatable bonds is 10. The molecule has 0 atom stereocenters. The molecule has 0 bridgehead atoms. The summed E-state index contributed by atoms with van der Waals surface area (Å²) >= 11 is 0. The van der Waals surface area contributed by atoms with Crippen LogP contribution in [-0.2, 0) is 14.8 Å². The third kappa shape index (κ3) is 5.66. The number of carbonyl (C=O) groups excluding carboxylic acids is 1. The lowest BCUT2D eigenvalue weighted by molar-refractivity contribution is 0.102. The van der Waals surface area contributed by atoms with Gasteiger partial charge in [-0.1, -0.05) is 24.3 Å². The minimum Gasteiger partial charge on any atom is -0.491 e. The Morgan fingerprint density at radius 2 is 1.66 bits per heavy atom. The van der Waals surface area contributed by atoms with Gasteiger partial charge in [0.15, 0.2) is 0 Å². The molecule has 3 rings (SSSR count). The number of benzene rings is 3. The lowest BCUT2D eigenvalue weighted by atomic mass is 10.2. The average Bonchev–Trinajstić information content (AvgIpc) is 2.81. The van der Waals surface area contributed by atoms with Gasteiger partial charge in [-0.15, -0.1) is 0 Å². The van der Waals surface area contributed by atoms with E-state index >= 15 is 0 Å². The Morgan fingerprint density at radius 3 is 2.31 bits per heavy atom. The van der Waals surface area contributed by atoms with Crippen LogP contribution in [0.4, 0.5) is 11.4 Å². The molecular weight excluding hydrogens is 428 g/mol. The number of nitrogens with zero attached hydrogens (tertiary/aromatic N) is 1. The van der Waals surface area contributed by atoms with Gasteiger partial charge in [-0.25, -0.2) is 8.42 Å². The maximum Gasteiger partial charge on any atom is 0.264 e. The van der Waals surface area contributed by atoms with E-state index in [2.05, 4.69) is 5.32 Å². The fraction of sp³-hybridized carbons (Fsp3) is 0.208. The van der Waals surface area contributed by atoms with Crippen molar-refractivity contribution in [2.45, 2.75) is 11.8 Å². The highest BCUT2D eigenvalue weighted by Crippen LogP contribution is 2.24. The van der Waals surface area contributed by atoms with E-state index in [1.165, 1.54) is 16.4 Å². The molecule has 8 heteroatoms. The van der Waals surface area contributed by atoms with Crippen LogP contribution in [0.2, 0.25) is 0 Å². The van der Waals surface area contributed by atoms with Crippen LogP contribution in [0.15, 0.2) is 83.8 Å². The molecule has 0 aromatic heterocycles. The monoisotopic (exact) mass is 454 g/mol. The molecule has 7 nitrogen and oxygen atoms in total. The highest BCUT2D eigenvalue weighted by atomic mass is 32.2. The van der Waals surface area contributed by atoms with Gasteiger partial charge in [0.25, 0.3) is 15.9 Å². The zero-order valence-electron chi connectivity index (χ0n) is 18.0. The number of hydrogen-bond donors (Lipinski definition) is 1. The van der Waals surface area contributed by atoms with E-state index in [4.69, 9.17) is 9.47 Å². The van der Waals surface area contributed by atoms with Crippen LogP contribution in [0.5, 0.6) is 5.75 Å². The number of ether oxygens (including phenoxy) is 2. The summed E-state index contributed by atoms with van der Waals surface area (Å²) in [5.74, 6) is 0.256. The Morgan fingerprint density at radius 1 is 0.938 bits per heavy atom. The molecule has 0 saturated carbocycles. The Labute approximate surface area is 188 Å². The molecule has 168 valence electrons. The van der Waals surface area contributed by atoms with Gasteiger partial charge in [0.1, 0.15) is 12.4 Å². The molecule has 0 spiro atoms. The molecule has 0 heterocycles. The highest BCUT2D eigenvalue weighted by molar-refractivity contribution is 7.92. The van der Waals surface area contributed by atoms with Crippen molar-refractivity contribution in [1.82, 2.24) is 0 Å². The number of para-hydroxylation sites is 1. The average molecular weight is 455 g/mol. The molecular formula is C24H26N2O5S. The number of nitrogens with one attached hydrogen (secondary N) is 1. The lowest BCUT2D eigenvalue weighted by Crippen LogP contribution is -2.30. The van der Waals surface area contributed by atoms with Crippen molar-refractivity contribution in [3.63, 3.8) is 0 Å². The van der Waals surface area contributed by atoms with E-state index in [9.17, 15) is 13.2 Å². The first-order chi connectivity index (χ1) is 15.5. The molecule has 0 aliphatic heterocycles. The molecule has 3 aromatic carbocycles. The summed E-state index contributed by atoms with van der Waals surface area (Å²) in [6, 6.07) is 21.8. The van der Waals surface area contributed by atoms with Gasteiger partial charge >= 0.3 is 0 Å². The maximum atomic E-state index is 13.2. The summed E-state index contributed by atoms with van der Waals surface area (Å²) in [6.45, 7) is 2.95. The number of hydrogen-bond acceptors (Lipinski definition) is 5. The second-order valence-electron chi connectivity index (χ2n) is 6.85. The van der Waals surface area contributed by atoms with Crippen molar-refractivity contribution in [3.05, 3.63) is 84.4 Å². The van der Waals surface area contributed by atoms with Gasteiger partial charge in [0, 0.05) is 24.9 Å². The van der Waals surface area contributed by atoms with E-state index in [1.807, 2.05) is 6.07 Å². The Hall–Kier alpha value is -3.36. The first-order valence-electron chi connectivity index (χ1n) is 10.2. The van der Waals surface area contributed by atoms with Crippen LogP contribution in [-0.4, -0.2) is 41.2 Å². The predicted molar refractivity (Wildman–Crippen MR) is 125 cm³/mol. The molecule has 0 saturated heterocycles. The van der Waals surface area contributed by atoms with Crippen LogP contribution in [0, 0.1) is 0 Å². The van der Waals surface area contributed by atoms with Gasteiger partial charge < -0.3 is 14.8 Å². The fourth-order valence-corrected chi connectivity index (χ4v) is 4.61. The van der Waals surface area contributed by atoms with Gasteiger partial charge in [-0.3, -0.25) is 9.10 Å². The number of anilines is 2. The summed E-state index contributed by atoms with van der Waals surface area (Å²) in [6.07, 6.45) is 0. The van der Waals surface area contributed by atoms with E-state index in [0.717, 1.165) is 0 Å². The summed E-state index contributed by atoms with van der Waals surface area (Å²) in [7, 11) is -2.22. The number of sulfonamides is 1. The van der Waals surface area contributed by atoms with Crippen molar-refractivity contribution in [2.75, 3.05) is 36.5 Å². The van der Waals surface area contributed by atoms with Gasteiger partial charge in [0.2, 0.25) is 0 Å². The standard InChI is InChI=1S/C24H26N2O5S/c1-3-26(21-9-5-4-6-10-21)32(28,29)23-11-7-8-19(18-23)24(27)25-20-12-14-22(15-13-20)31-17-16-30-2/h4-15,18H,3,16-17H2,1-2H3,(H,25,27). The molecule has 0 aliphatic carbocycles. The van der Waals surface area contributed by atoms with Crippen molar-refractivity contribution in [2.24, 2.45) is 0 Å². The quantitative estimate of drug-likeness (QED) is 0.465. The first kappa shape index (κ1) is 23.3. The molecule has 0 unspecified atom stereocenters. The summed E-state index contributed by atoms with van der Waals surface area (Å²) < 4.78 is 38.2. The SMILES string of the molecule is CCN(c1ccccc1)S(=O)(=O)c1cccc(C(=O)Nc2ccc(OCCOC)cc2)c1. The van der Waals surface area contributed by atoms with Crippen molar-refractivity contribution in [1.29, 1.82) is 0 Å². The largest absolute Gasteiger partial charge is 0.491 e. The maximum absolute atomic E-state index is 13.2. The van der Waals surface area contributed by atoms with Crippen LogP contribution in [0.25, 0.3) is 0 Å². The minimum atomic E-state index is -3.82. The van der Waals surface area contributed by atoms with E-state index in [-0.39, 0.29) is 17.0 Å². The number of carbonyl (C=O) groups is 1. The minimum absolute atomic E-state index is 0.0535. The van der Waals surface area contributed by atoms with E-state index < -0.39 is 15.9 Å². The molecule has 0 aliphatic rings. The second kappa shape index (κ2) is 10.8. The fourth-order valence-electron chi connectivity index (χ4n) is 3.09. The van der Waals surface area contributed by atoms with Crippen LogP contribution in [0.3, 0.4) is 0 Å². The zero-order chi connectivity index (χ0) is 23.0. The molecule has 0 fully saturated rings. The Kier molecular flexibility index (Phi) is 7.86. The lowest BCUT2D eigenvalue weighted by Gasteiger charge is -2.23. The van der Waals surface area contributed by atoms with E-state index in [0.29, 0.717) is 30.3 Å².